The van der Waals surface area contributed by atoms with Gasteiger partial charge >= 0.3 is 5.69 Å². The minimum atomic E-state index is -3.68. The van der Waals surface area contributed by atoms with Gasteiger partial charge in [0.25, 0.3) is 0 Å². The van der Waals surface area contributed by atoms with Crippen LogP contribution in [-0.2, 0) is 16.9 Å². The molecular formula is C15H19N5O4S. The molecule has 2 heterocycles. The molecule has 0 radical (unpaired) electrons. The molecule has 0 aliphatic carbocycles. The molecule has 25 heavy (non-hydrogen) atoms. The van der Waals surface area contributed by atoms with Gasteiger partial charge in [0.1, 0.15) is 10.6 Å². The van der Waals surface area contributed by atoms with Gasteiger partial charge in [0.05, 0.1) is 16.8 Å². The molecule has 3 rings (SSSR count). The summed E-state index contributed by atoms with van der Waals surface area (Å²) in [6.07, 6.45) is 4.68. The Hall–Kier alpha value is -2.62. The highest BCUT2D eigenvalue weighted by molar-refractivity contribution is 7.90. The zero-order chi connectivity index (χ0) is 18.2. The largest absolute Gasteiger partial charge is 0.365 e. The molecule has 0 amide bonds. The molecule has 9 nitrogen and oxygen atoms in total. The average Bonchev–Trinajstić information content (AvgIpc) is 3.00. The minimum absolute atomic E-state index is 0.246. The number of sulfone groups is 1. The molecule has 1 fully saturated rings. The van der Waals surface area contributed by atoms with E-state index in [-0.39, 0.29) is 10.6 Å². The standard InChI is InChI=1S/C15H19N5O4S/c1-17-11-12(10-16-17)18-6-8-19(9-7-18)13-4-3-5-14(25(2,23)24)15(13)20(21)22/h3-5,10-11H,6-9H2,1-2H3. The van der Waals surface area contributed by atoms with Crippen molar-refractivity contribution < 1.29 is 13.3 Å². The predicted molar refractivity (Wildman–Crippen MR) is 93.8 cm³/mol. The second kappa shape index (κ2) is 6.36. The van der Waals surface area contributed by atoms with Gasteiger partial charge in [-0.3, -0.25) is 14.8 Å². The van der Waals surface area contributed by atoms with Gasteiger partial charge in [0, 0.05) is 45.7 Å². The number of nitro groups is 1. The summed E-state index contributed by atoms with van der Waals surface area (Å²) in [5.74, 6) is 0. The molecule has 0 spiro atoms. The van der Waals surface area contributed by atoms with E-state index >= 15 is 0 Å². The summed E-state index contributed by atoms with van der Waals surface area (Å²) in [5, 5.41) is 15.7. The Kier molecular flexibility index (Phi) is 4.38. The van der Waals surface area contributed by atoms with Crippen molar-refractivity contribution in [3.63, 3.8) is 0 Å². The fourth-order valence-corrected chi connectivity index (χ4v) is 3.88. The molecular weight excluding hydrogens is 346 g/mol. The molecule has 1 aliphatic rings. The molecule has 0 bridgehead atoms. The van der Waals surface area contributed by atoms with Crippen LogP contribution in [0, 0.1) is 10.1 Å². The van der Waals surface area contributed by atoms with Gasteiger partial charge in [-0.15, -0.1) is 0 Å². The Morgan fingerprint density at radius 2 is 1.80 bits per heavy atom. The fraction of sp³-hybridized carbons (Fsp3) is 0.400. The summed E-state index contributed by atoms with van der Waals surface area (Å²) in [4.78, 5) is 14.7. The van der Waals surface area contributed by atoms with Crippen LogP contribution in [0.1, 0.15) is 0 Å². The Bertz CT molecular complexity index is 900. The van der Waals surface area contributed by atoms with Crippen LogP contribution < -0.4 is 9.80 Å². The van der Waals surface area contributed by atoms with Gasteiger partial charge in [0.2, 0.25) is 0 Å². The van der Waals surface area contributed by atoms with Crippen LogP contribution in [0.5, 0.6) is 0 Å². The Morgan fingerprint density at radius 3 is 2.32 bits per heavy atom. The van der Waals surface area contributed by atoms with Crippen molar-refractivity contribution in [2.75, 3.05) is 42.2 Å². The van der Waals surface area contributed by atoms with Crippen LogP contribution >= 0.6 is 0 Å². The van der Waals surface area contributed by atoms with Crippen molar-refractivity contribution in [1.82, 2.24) is 9.78 Å². The molecule has 0 saturated carbocycles. The second-order valence-electron chi connectivity index (χ2n) is 6.00. The fourth-order valence-electron chi connectivity index (χ4n) is 3.03. The minimum Gasteiger partial charge on any atom is -0.365 e. The number of nitro benzene ring substituents is 1. The van der Waals surface area contributed by atoms with Gasteiger partial charge < -0.3 is 9.80 Å². The van der Waals surface area contributed by atoms with Gasteiger partial charge in [-0.1, -0.05) is 6.07 Å². The Balaban J connectivity index is 1.87. The lowest BCUT2D eigenvalue weighted by Gasteiger charge is -2.36. The van der Waals surface area contributed by atoms with E-state index in [0.717, 1.165) is 11.9 Å². The second-order valence-corrected chi connectivity index (χ2v) is 7.98. The number of benzene rings is 1. The molecule has 0 atom stereocenters. The third kappa shape index (κ3) is 3.43. The van der Waals surface area contributed by atoms with E-state index in [1.807, 2.05) is 18.1 Å². The smallest absolute Gasteiger partial charge is 0.311 e. The van der Waals surface area contributed by atoms with E-state index in [4.69, 9.17) is 0 Å². The van der Waals surface area contributed by atoms with Crippen molar-refractivity contribution in [2.45, 2.75) is 4.90 Å². The van der Waals surface area contributed by atoms with Crippen LogP contribution in [0.2, 0.25) is 0 Å². The van der Waals surface area contributed by atoms with Crippen LogP contribution in [0.4, 0.5) is 17.1 Å². The highest BCUT2D eigenvalue weighted by Gasteiger charge is 2.30. The van der Waals surface area contributed by atoms with Crippen molar-refractivity contribution >= 4 is 26.9 Å². The SMILES string of the molecule is Cn1cc(N2CCN(c3cccc(S(C)(=O)=O)c3[N+](=O)[O-])CC2)cn1. The summed E-state index contributed by atoms with van der Waals surface area (Å²) in [6, 6.07) is 4.43. The van der Waals surface area contributed by atoms with Gasteiger partial charge in [-0.25, -0.2) is 8.42 Å². The molecule has 1 aromatic heterocycles. The van der Waals surface area contributed by atoms with E-state index in [9.17, 15) is 18.5 Å². The number of piperazine rings is 1. The summed E-state index contributed by atoms with van der Waals surface area (Å²) in [5.41, 5.74) is 1.00. The number of rotatable bonds is 4. The van der Waals surface area contributed by atoms with E-state index in [0.29, 0.717) is 31.9 Å². The van der Waals surface area contributed by atoms with Crippen LogP contribution in [-0.4, -0.2) is 55.6 Å². The van der Waals surface area contributed by atoms with Crippen LogP contribution in [0.3, 0.4) is 0 Å². The number of aromatic nitrogens is 2. The first-order chi connectivity index (χ1) is 11.8. The first kappa shape index (κ1) is 17.2. The Labute approximate surface area is 145 Å². The summed E-state index contributed by atoms with van der Waals surface area (Å²) in [7, 11) is -1.83. The van der Waals surface area contributed by atoms with Crippen molar-refractivity contribution in [3.8, 4) is 0 Å². The number of anilines is 2. The molecule has 1 saturated heterocycles. The first-order valence-corrected chi connectivity index (χ1v) is 9.62. The summed E-state index contributed by atoms with van der Waals surface area (Å²) < 4.78 is 25.5. The maximum Gasteiger partial charge on any atom is 0.311 e. The molecule has 0 N–H and O–H groups in total. The van der Waals surface area contributed by atoms with Gasteiger partial charge in [0.15, 0.2) is 9.84 Å². The zero-order valence-corrected chi connectivity index (χ0v) is 14.8. The summed E-state index contributed by atoms with van der Waals surface area (Å²) >= 11 is 0. The predicted octanol–water partition coefficient (Wildman–Crippen LogP) is 1.06. The first-order valence-electron chi connectivity index (χ1n) is 7.73. The lowest BCUT2D eigenvalue weighted by Crippen LogP contribution is -2.46. The van der Waals surface area contributed by atoms with Crippen molar-refractivity contribution in [3.05, 3.63) is 40.7 Å². The van der Waals surface area contributed by atoms with Crippen LogP contribution in [0.15, 0.2) is 35.5 Å². The molecule has 1 aliphatic heterocycles. The number of aryl methyl sites for hydroxylation is 1. The van der Waals surface area contributed by atoms with Gasteiger partial charge in [-0.05, 0) is 12.1 Å². The van der Waals surface area contributed by atoms with E-state index in [2.05, 4.69) is 10.00 Å². The molecule has 0 unspecified atom stereocenters. The lowest BCUT2D eigenvalue weighted by molar-refractivity contribution is -0.387. The third-order valence-corrected chi connectivity index (χ3v) is 5.36. The Morgan fingerprint density at radius 1 is 1.16 bits per heavy atom. The maximum absolute atomic E-state index is 11.9. The number of para-hydroxylation sites is 1. The van der Waals surface area contributed by atoms with E-state index < -0.39 is 14.8 Å². The van der Waals surface area contributed by atoms with E-state index in [1.165, 1.54) is 6.07 Å². The monoisotopic (exact) mass is 365 g/mol. The van der Waals surface area contributed by atoms with Crippen molar-refractivity contribution in [1.29, 1.82) is 0 Å². The van der Waals surface area contributed by atoms with Crippen LogP contribution in [0.25, 0.3) is 0 Å². The number of nitrogens with zero attached hydrogens (tertiary/aromatic N) is 5. The third-order valence-electron chi connectivity index (χ3n) is 4.24. The van der Waals surface area contributed by atoms with Gasteiger partial charge in [-0.2, -0.15) is 5.10 Å². The maximum atomic E-state index is 11.9. The molecule has 10 heteroatoms. The normalized spacial score (nSPS) is 15.4. The molecule has 1 aromatic carbocycles. The van der Waals surface area contributed by atoms with E-state index in [1.54, 1.807) is 23.0 Å². The number of hydrogen-bond acceptors (Lipinski definition) is 7. The topological polar surface area (TPSA) is 102 Å². The highest BCUT2D eigenvalue weighted by atomic mass is 32.2. The van der Waals surface area contributed by atoms with Crippen molar-refractivity contribution in [2.24, 2.45) is 7.05 Å². The zero-order valence-electron chi connectivity index (χ0n) is 14.0. The summed E-state index contributed by atoms with van der Waals surface area (Å²) in [6.45, 7) is 2.46. The lowest BCUT2D eigenvalue weighted by atomic mass is 10.2. The number of hydrogen-bond donors (Lipinski definition) is 0. The average molecular weight is 365 g/mol. The quantitative estimate of drug-likeness (QED) is 0.590. The molecule has 134 valence electrons. The highest BCUT2D eigenvalue weighted by Crippen LogP contribution is 2.35. The molecule has 2 aromatic rings.